The fourth-order valence-electron chi connectivity index (χ4n) is 3.80. The summed E-state index contributed by atoms with van der Waals surface area (Å²) < 4.78 is 0. The smallest absolute Gasteiger partial charge is 0.295 e. The van der Waals surface area contributed by atoms with Gasteiger partial charge in [-0.3, -0.25) is 14.9 Å². The predicted octanol–water partition coefficient (Wildman–Crippen LogP) is 4.15. The molecule has 1 amide bonds. The third-order valence-corrected chi connectivity index (χ3v) is 5.49. The molecule has 0 N–H and O–H groups in total. The number of rotatable bonds is 3. The van der Waals surface area contributed by atoms with E-state index in [4.69, 9.17) is 11.6 Å². The molecule has 8 heteroatoms. The first-order valence-corrected chi connectivity index (χ1v) is 9.67. The molecule has 0 radical (unpaired) electrons. The Hall–Kier alpha value is -3.19. The van der Waals surface area contributed by atoms with Crippen LogP contribution in [0.3, 0.4) is 0 Å². The summed E-state index contributed by atoms with van der Waals surface area (Å²) >= 11 is 5.92. The summed E-state index contributed by atoms with van der Waals surface area (Å²) in [5.74, 6) is -0.0240. The van der Waals surface area contributed by atoms with Crippen LogP contribution in [0.4, 0.5) is 11.4 Å². The standard InChI is InChI=1S/C21H19ClN4O3/c1-14-13-24(11-12-25(14)21(27)15-4-6-16(22)7-5-15)18-8-9-19(26(28)29)20-17(18)3-2-10-23-20/h2-10,14H,11-13H2,1H3/t14-/m1/s1. The number of carbonyl (C=O) groups is 1. The van der Waals surface area contributed by atoms with E-state index in [1.807, 2.05) is 17.9 Å². The molecule has 1 aliphatic heterocycles. The van der Waals surface area contributed by atoms with Gasteiger partial charge in [0.05, 0.1) is 4.92 Å². The van der Waals surface area contributed by atoms with Gasteiger partial charge in [0.2, 0.25) is 0 Å². The van der Waals surface area contributed by atoms with E-state index in [0.29, 0.717) is 35.7 Å². The molecule has 1 aromatic heterocycles. The van der Waals surface area contributed by atoms with Crippen LogP contribution in [-0.4, -0.2) is 46.4 Å². The number of piperazine rings is 1. The molecule has 4 rings (SSSR count). The molecule has 1 fully saturated rings. The molecule has 3 aromatic rings. The maximum absolute atomic E-state index is 12.9. The Balaban J connectivity index is 1.59. The summed E-state index contributed by atoms with van der Waals surface area (Å²) in [7, 11) is 0. The van der Waals surface area contributed by atoms with Crippen LogP contribution in [-0.2, 0) is 0 Å². The van der Waals surface area contributed by atoms with E-state index in [-0.39, 0.29) is 17.6 Å². The topological polar surface area (TPSA) is 79.6 Å². The van der Waals surface area contributed by atoms with Gasteiger partial charge in [0.1, 0.15) is 5.52 Å². The van der Waals surface area contributed by atoms with Crippen molar-refractivity contribution in [3.05, 3.63) is 75.4 Å². The molecule has 7 nitrogen and oxygen atoms in total. The molecule has 148 valence electrons. The number of anilines is 1. The van der Waals surface area contributed by atoms with Crippen molar-refractivity contribution in [2.24, 2.45) is 0 Å². The maximum atomic E-state index is 12.9. The minimum absolute atomic E-state index is 0.00560. The van der Waals surface area contributed by atoms with Crippen molar-refractivity contribution in [3.63, 3.8) is 0 Å². The Bertz CT molecular complexity index is 1090. The van der Waals surface area contributed by atoms with Crippen molar-refractivity contribution >= 4 is 39.8 Å². The van der Waals surface area contributed by atoms with E-state index in [9.17, 15) is 14.9 Å². The molecular weight excluding hydrogens is 392 g/mol. The number of fused-ring (bicyclic) bond motifs is 1. The van der Waals surface area contributed by atoms with E-state index in [1.165, 1.54) is 6.07 Å². The van der Waals surface area contributed by atoms with Crippen molar-refractivity contribution in [1.82, 2.24) is 9.88 Å². The lowest BCUT2D eigenvalue weighted by Crippen LogP contribution is -2.54. The number of nitro benzene ring substituents is 1. The van der Waals surface area contributed by atoms with E-state index in [1.54, 1.807) is 42.6 Å². The number of nitro groups is 1. The summed E-state index contributed by atoms with van der Waals surface area (Å²) in [6.07, 6.45) is 1.56. The largest absolute Gasteiger partial charge is 0.367 e. The molecule has 0 unspecified atom stereocenters. The monoisotopic (exact) mass is 410 g/mol. The Morgan fingerprint density at radius 3 is 2.62 bits per heavy atom. The second-order valence-corrected chi connectivity index (χ2v) is 7.50. The third-order valence-electron chi connectivity index (χ3n) is 5.24. The number of halogens is 1. The van der Waals surface area contributed by atoms with Gasteiger partial charge >= 0.3 is 0 Å². The summed E-state index contributed by atoms with van der Waals surface area (Å²) in [6, 6.07) is 13.8. The van der Waals surface area contributed by atoms with Crippen LogP contribution >= 0.6 is 11.6 Å². The van der Waals surface area contributed by atoms with Gasteiger partial charge in [0.15, 0.2) is 0 Å². The molecule has 1 aliphatic rings. The van der Waals surface area contributed by atoms with Crippen molar-refractivity contribution in [3.8, 4) is 0 Å². The molecule has 2 aromatic carbocycles. The normalized spacial score (nSPS) is 16.8. The van der Waals surface area contributed by atoms with E-state index in [0.717, 1.165) is 11.1 Å². The van der Waals surface area contributed by atoms with Crippen molar-refractivity contribution in [2.45, 2.75) is 13.0 Å². The first kappa shape index (κ1) is 19.1. The minimum Gasteiger partial charge on any atom is -0.367 e. The van der Waals surface area contributed by atoms with Crippen LogP contribution < -0.4 is 4.90 Å². The van der Waals surface area contributed by atoms with Gasteiger partial charge < -0.3 is 9.80 Å². The Morgan fingerprint density at radius 1 is 1.17 bits per heavy atom. The van der Waals surface area contributed by atoms with E-state index < -0.39 is 4.92 Å². The fourth-order valence-corrected chi connectivity index (χ4v) is 3.93. The molecule has 2 heterocycles. The molecule has 1 atom stereocenters. The zero-order chi connectivity index (χ0) is 20.5. The van der Waals surface area contributed by atoms with Crippen LogP contribution in [0, 0.1) is 10.1 Å². The highest BCUT2D eigenvalue weighted by molar-refractivity contribution is 6.30. The molecule has 1 saturated heterocycles. The van der Waals surface area contributed by atoms with Gasteiger partial charge in [-0.05, 0) is 49.4 Å². The number of carbonyl (C=O) groups excluding carboxylic acids is 1. The third kappa shape index (κ3) is 3.61. The number of nitrogens with zero attached hydrogens (tertiary/aromatic N) is 4. The quantitative estimate of drug-likeness (QED) is 0.478. The molecule has 0 saturated carbocycles. The first-order valence-electron chi connectivity index (χ1n) is 9.29. The summed E-state index contributed by atoms with van der Waals surface area (Å²) in [6.45, 7) is 3.82. The second-order valence-electron chi connectivity index (χ2n) is 7.06. The Kier molecular flexibility index (Phi) is 5.07. The highest BCUT2D eigenvalue weighted by atomic mass is 35.5. The van der Waals surface area contributed by atoms with E-state index in [2.05, 4.69) is 9.88 Å². The van der Waals surface area contributed by atoms with Gasteiger partial charge in [-0.2, -0.15) is 0 Å². The number of aromatic nitrogens is 1. The van der Waals surface area contributed by atoms with Crippen LogP contribution in [0.1, 0.15) is 17.3 Å². The van der Waals surface area contributed by atoms with E-state index >= 15 is 0 Å². The average Bonchev–Trinajstić information content (AvgIpc) is 2.73. The van der Waals surface area contributed by atoms with Crippen LogP contribution in [0.15, 0.2) is 54.7 Å². The Labute approximate surface area is 172 Å². The lowest BCUT2D eigenvalue weighted by atomic mass is 10.1. The highest BCUT2D eigenvalue weighted by Crippen LogP contribution is 2.33. The number of hydrogen-bond donors (Lipinski definition) is 0. The molecule has 0 aliphatic carbocycles. The predicted molar refractivity (Wildman–Crippen MR) is 113 cm³/mol. The fraction of sp³-hybridized carbons (Fsp3) is 0.238. The summed E-state index contributed by atoms with van der Waals surface area (Å²) in [5, 5.41) is 12.7. The molecule has 29 heavy (non-hydrogen) atoms. The molecular formula is C21H19ClN4O3. The lowest BCUT2D eigenvalue weighted by Gasteiger charge is -2.41. The Morgan fingerprint density at radius 2 is 1.93 bits per heavy atom. The first-order chi connectivity index (χ1) is 14.0. The summed E-state index contributed by atoms with van der Waals surface area (Å²) in [4.78, 5) is 32.0. The minimum atomic E-state index is -0.412. The second kappa shape index (κ2) is 7.67. The number of benzene rings is 2. The van der Waals surface area contributed by atoms with Gasteiger partial charge in [0.25, 0.3) is 11.6 Å². The van der Waals surface area contributed by atoms with Crippen molar-refractivity contribution in [1.29, 1.82) is 0 Å². The van der Waals surface area contributed by atoms with Gasteiger partial charge in [-0.1, -0.05) is 11.6 Å². The number of non-ortho nitro benzene ring substituents is 1. The SMILES string of the molecule is C[C@@H]1CN(c2ccc([N+](=O)[O-])c3ncccc23)CCN1C(=O)c1ccc(Cl)cc1. The van der Waals surface area contributed by atoms with Crippen LogP contribution in [0.25, 0.3) is 10.9 Å². The highest BCUT2D eigenvalue weighted by Gasteiger charge is 2.29. The molecule has 0 bridgehead atoms. The average molecular weight is 411 g/mol. The zero-order valence-electron chi connectivity index (χ0n) is 15.8. The summed E-state index contributed by atoms with van der Waals surface area (Å²) in [5.41, 5.74) is 1.88. The van der Waals surface area contributed by atoms with Crippen molar-refractivity contribution in [2.75, 3.05) is 24.5 Å². The zero-order valence-corrected chi connectivity index (χ0v) is 16.5. The van der Waals surface area contributed by atoms with Gasteiger partial charge in [-0.15, -0.1) is 0 Å². The number of hydrogen-bond acceptors (Lipinski definition) is 5. The van der Waals surface area contributed by atoms with Gasteiger partial charge in [-0.25, -0.2) is 4.98 Å². The lowest BCUT2D eigenvalue weighted by molar-refractivity contribution is -0.383. The molecule has 0 spiro atoms. The van der Waals surface area contributed by atoms with Crippen LogP contribution in [0.5, 0.6) is 0 Å². The van der Waals surface area contributed by atoms with Gasteiger partial charge in [0, 0.05) is 59.6 Å². The number of pyridine rings is 1. The maximum Gasteiger partial charge on any atom is 0.295 e. The van der Waals surface area contributed by atoms with Crippen molar-refractivity contribution < 1.29 is 9.72 Å². The number of amides is 1. The van der Waals surface area contributed by atoms with Crippen LogP contribution in [0.2, 0.25) is 5.02 Å².